The van der Waals surface area contributed by atoms with Crippen LogP contribution >= 0.6 is 0 Å². The van der Waals surface area contributed by atoms with Gasteiger partial charge >= 0.3 is 12.0 Å². The Hall–Kier alpha value is -1.30. The van der Waals surface area contributed by atoms with E-state index < -0.39 is 11.4 Å². The van der Waals surface area contributed by atoms with Gasteiger partial charge in [-0.3, -0.25) is 9.69 Å². The van der Waals surface area contributed by atoms with Gasteiger partial charge in [0.2, 0.25) is 0 Å². The average Bonchev–Trinajstić information content (AvgIpc) is 3.20. The molecule has 1 saturated carbocycles. The van der Waals surface area contributed by atoms with Gasteiger partial charge in [0, 0.05) is 38.3 Å². The van der Waals surface area contributed by atoms with Crippen LogP contribution in [-0.4, -0.2) is 65.2 Å². The van der Waals surface area contributed by atoms with Crippen LogP contribution in [0.25, 0.3) is 0 Å². The van der Waals surface area contributed by atoms with Crippen molar-refractivity contribution in [3.63, 3.8) is 0 Å². The van der Waals surface area contributed by atoms with E-state index in [-0.39, 0.29) is 12.1 Å². The minimum absolute atomic E-state index is 0.0231. The maximum absolute atomic E-state index is 12.3. The van der Waals surface area contributed by atoms with Gasteiger partial charge in [0.1, 0.15) is 0 Å². The molecular weight excluding hydrogens is 270 g/mol. The van der Waals surface area contributed by atoms with E-state index in [2.05, 4.69) is 10.2 Å². The lowest BCUT2D eigenvalue weighted by molar-refractivity contribution is -0.150. The molecule has 0 spiro atoms. The van der Waals surface area contributed by atoms with E-state index in [0.717, 1.165) is 25.6 Å². The Morgan fingerprint density at radius 2 is 1.81 bits per heavy atom. The van der Waals surface area contributed by atoms with Crippen molar-refractivity contribution in [2.75, 3.05) is 26.2 Å². The van der Waals surface area contributed by atoms with Crippen LogP contribution in [0.2, 0.25) is 0 Å². The first-order valence-corrected chi connectivity index (χ1v) is 8.01. The zero-order valence-electron chi connectivity index (χ0n) is 12.7. The standard InChI is InChI=1S/C15H25N3O3/c1-15(13(19)20)5-8-17(9-6-15)14(21)16-11-4-7-18(10-11)12-2-3-12/h11-12H,2-10H2,1H3,(H,16,21)(H,19,20). The quantitative estimate of drug-likeness (QED) is 0.818. The van der Waals surface area contributed by atoms with Gasteiger partial charge in [0.05, 0.1) is 5.41 Å². The minimum Gasteiger partial charge on any atom is -0.481 e. The highest BCUT2D eigenvalue weighted by Crippen LogP contribution is 2.32. The van der Waals surface area contributed by atoms with Crippen LogP contribution in [0.1, 0.15) is 39.0 Å². The number of carboxylic acid groups (broad SMARTS) is 1. The third-order valence-corrected chi connectivity index (χ3v) is 5.28. The molecule has 3 fully saturated rings. The van der Waals surface area contributed by atoms with Crippen LogP contribution in [0.15, 0.2) is 0 Å². The summed E-state index contributed by atoms with van der Waals surface area (Å²) in [7, 11) is 0. The van der Waals surface area contributed by atoms with E-state index in [1.54, 1.807) is 11.8 Å². The van der Waals surface area contributed by atoms with E-state index in [0.29, 0.717) is 25.9 Å². The maximum Gasteiger partial charge on any atom is 0.317 e. The Balaban J connectivity index is 1.45. The van der Waals surface area contributed by atoms with E-state index in [9.17, 15) is 14.7 Å². The second kappa shape index (κ2) is 5.48. The molecule has 3 rings (SSSR count). The summed E-state index contributed by atoms with van der Waals surface area (Å²) in [6.45, 7) is 4.90. The number of carbonyl (C=O) groups excluding carboxylic acids is 1. The smallest absolute Gasteiger partial charge is 0.317 e. The van der Waals surface area contributed by atoms with Crippen molar-refractivity contribution in [1.82, 2.24) is 15.1 Å². The van der Waals surface area contributed by atoms with E-state index in [1.165, 1.54) is 12.8 Å². The maximum atomic E-state index is 12.3. The molecule has 1 unspecified atom stereocenters. The Morgan fingerprint density at radius 1 is 1.14 bits per heavy atom. The number of hydrogen-bond donors (Lipinski definition) is 2. The molecule has 6 heteroatoms. The number of nitrogens with zero attached hydrogens (tertiary/aromatic N) is 2. The SMILES string of the molecule is CC1(C(=O)O)CCN(C(=O)NC2CCN(C3CC3)C2)CC1. The van der Waals surface area contributed by atoms with Crippen molar-refractivity contribution in [1.29, 1.82) is 0 Å². The number of carboxylic acids is 1. The summed E-state index contributed by atoms with van der Waals surface area (Å²) in [4.78, 5) is 27.7. The van der Waals surface area contributed by atoms with Gasteiger partial charge in [0.25, 0.3) is 0 Å². The molecule has 6 nitrogen and oxygen atoms in total. The van der Waals surface area contributed by atoms with Crippen molar-refractivity contribution < 1.29 is 14.7 Å². The number of likely N-dealkylation sites (tertiary alicyclic amines) is 2. The third-order valence-electron chi connectivity index (χ3n) is 5.28. The number of piperidine rings is 1. The van der Waals surface area contributed by atoms with Gasteiger partial charge in [-0.1, -0.05) is 0 Å². The van der Waals surface area contributed by atoms with Crippen molar-refractivity contribution in [2.45, 2.75) is 51.1 Å². The van der Waals surface area contributed by atoms with E-state index >= 15 is 0 Å². The topological polar surface area (TPSA) is 72.9 Å². The highest BCUT2D eigenvalue weighted by atomic mass is 16.4. The van der Waals surface area contributed by atoms with Gasteiger partial charge in [-0.15, -0.1) is 0 Å². The predicted octanol–water partition coefficient (Wildman–Crippen LogP) is 1.12. The first-order valence-electron chi connectivity index (χ1n) is 8.01. The Kier molecular flexibility index (Phi) is 3.82. The average molecular weight is 295 g/mol. The van der Waals surface area contributed by atoms with Gasteiger partial charge in [0.15, 0.2) is 0 Å². The van der Waals surface area contributed by atoms with Crippen LogP contribution in [0, 0.1) is 5.41 Å². The largest absolute Gasteiger partial charge is 0.481 e. The summed E-state index contributed by atoms with van der Waals surface area (Å²) in [5, 5.41) is 12.3. The first-order chi connectivity index (χ1) is 9.98. The fourth-order valence-electron chi connectivity index (χ4n) is 3.36. The molecule has 2 saturated heterocycles. The Labute approximate surface area is 125 Å². The second-order valence-electron chi connectivity index (χ2n) is 7.01. The normalized spacial score (nSPS) is 29.4. The molecule has 0 aromatic carbocycles. The lowest BCUT2D eigenvalue weighted by atomic mass is 9.80. The van der Waals surface area contributed by atoms with E-state index in [4.69, 9.17) is 0 Å². The number of amides is 2. The van der Waals surface area contributed by atoms with Crippen LogP contribution in [0.5, 0.6) is 0 Å². The zero-order valence-corrected chi connectivity index (χ0v) is 12.7. The van der Waals surface area contributed by atoms with Crippen LogP contribution in [0.3, 0.4) is 0 Å². The number of rotatable bonds is 3. The molecule has 2 aliphatic heterocycles. The summed E-state index contributed by atoms with van der Waals surface area (Å²) in [5.74, 6) is -0.751. The molecule has 1 atom stereocenters. The van der Waals surface area contributed by atoms with Crippen molar-refractivity contribution in [2.24, 2.45) is 5.41 Å². The molecule has 1 aliphatic carbocycles. The molecule has 2 N–H and O–H groups in total. The lowest BCUT2D eigenvalue weighted by Gasteiger charge is -2.36. The van der Waals surface area contributed by atoms with Gasteiger partial charge in [-0.2, -0.15) is 0 Å². The van der Waals surface area contributed by atoms with E-state index in [1.807, 2.05) is 0 Å². The predicted molar refractivity (Wildman–Crippen MR) is 78.1 cm³/mol. The summed E-state index contributed by atoms with van der Waals surface area (Å²) < 4.78 is 0. The van der Waals surface area contributed by atoms with Crippen molar-refractivity contribution in [3.05, 3.63) is 0 Å². The highest BCUT2D eigenvalue weighted by Gasteiger charge is 2.39. The van der Waals surface area contributed by atoms with Gasteiger partial charge in [-0.25, -0.2) is 4.79 Å². The minimum atomic E-state index is -0.751. The fraction of sp³-hybridized carbons (Fsp3) is 0.867. The van der Waals surface area contributed by atoms with Gasteiger partial charge < -0.3 is 15.3 Å². The Morgan fingerprint density at radius 3 is 2.38 bits per heavy atom. The number of nitrogens with one attached hydrogen (secondary N) is 1. The molecule has 21 heavy (non-hydrogen) atoms. The number of urea groups is 1. The summed E-state index contributed by atoms with van der Waals surface area (Å²) >= 11 is 0. The molecular formula is C15H25N3O3. The molecule has 3 aliphatic rings. The molecule has 0 aromatic heterocycles. The van der Waals surface area contributed by atoms with Crippen molar-refractivity contribution >= 4 is 12.0 Å². The van der Waals surface area contributed by atoms with Gasteiger partial charge in [-0.05, 0) is 39.0 Å². The zero-order chi connectivity index (χ0) is 15.0. The lowest BCUT2D eigenvalue weighted by Crippen LogP contribution is -2.51. The Bertz CT molecular complexity index is 428. The summed E-state index contributed by atoms with van der Waals surface area (Å²) in [6.07, 6.45) is 4.72. The van der Waals surface area contributed by atoms with Crippen LogP contribution in [0.4, 0.5) is 4.79 Å². The van der Waals surface area contributed by atoms with Crippen molar-refractivity contribution in [3.8, 4) is 0 Å². The second-order valence-corrected chi connectivity index (χ2v) is 7.01. The monoisotopic (exact) mass is 295 g/mol. The number of hydrogen-bond acceptors (Lipinski definition) is 3. The summed E-state index contributed by atoms with van der Waals surface area (Å²) in [6, 6.07) is 0.995. The summed E-state index contributed by atoms with van der Waals surface area (Å²) in [5.41, 5.74) is -0.674. The molecule has 0 radical (unpaired) electrons. The third kappa shape index (κ3) is 3.15. The molecule has 2 amide bonds. The molecule has 0 aromatic rings. The molecule has 118 valence electrons. The number of carbonyl (C=O) groups is 2. The fourth-order valence-corrected chi connectivity index (χ4v) is 3.36. The molecule has 2 heterocycles. The number of aliphatic carboxylic acids is 1. The van der Waals surface area contributed by atoms with Crippen LogP contribution < -0.4 is 5.32 Å². The first kappa shape index (κ1) is 14.6. The highest BCUT2D eigenvalue weighted by molar-refractivity contribution is 5.77. The van der Waals surface area contributed by atoms with Crippen LogP contribution in [-0.2, 0) is 4.79 Å². The molecule has 0 bridgehead atoms.